The fourth-order valence-corrected chi connectivity index (χ4v) is 2.26. The average molecular weight is 398 g/mol. The van der Waals surface area contributed by atoms with Gasteiger partial charge in [-0.25, -0.2) is 5.43 Å². The van der Waals surface area contributed by atoms with E-state index >= 15 is 0 Å². The van der Waals surface area contributed by atoms with Crippen LogP contribution >= 0.6 is 31.9 Å². The van der Waals surface area contributed by atoms with E-state index in [9.17, 15) is 9.90 Å². The number of carbonyl (C=O) groups is 1. The first kappa shape index (κ1) is 14.7. The van der Waals surface area contributed by atoms with Crippen LogP contribution in [0.5, 0.6) is 5.75 Å². The maximum Gasteiger partial charge on any atom is 0.271 e. The molecule has 0 unspecified atom stereocenters. The van der Waals surface area contributed by atoms with Crippen molar-refractivity contribution in [1.29, 1.82) is 0 Å². The fraction of sp³-hybridized carbons (Fsp3) is 0. The molecular formula is C14H10Br2N2O2. The number of hydrogen-bond acceptors (Lipinski definition) is 3. The molecule has 2 aromatic carbocycles. The Hall–Kier alpha value is -1.66. The van der Waals surface area contributed by atoms with E-state index in [4.69, 9.17) is 0 Å². The fourth-order valence-electron chi connectivity index (χ4n) is 1.48. The van der Waals surface area contributed by atoms with Gasteiger partial charge in [-0.1, -0.05) is 37.9 Å². The number of phenolic OH excluding ortho intramolecular Hbond substituents is 1. The Balaban J connectivity index is 2.06. The molecule has 0 spiro atoms. The highest BCUT2D eigenvalue weighted by Gasteiger charge is 2.04. The molecule has 0 saturated heterocycles. The summed E-state index contributed by atoms with van der Waals surface area (Å²) >= 11 is 6.59. The number of aromatic hydroxyl groups is 1. The molecule has 0 aliphatic carbocycles. The van der Waals surface area contributed by atoms with Gasteiger partial charge >= 0.3 is 0 Å². The molecule has 20 heavy (non-hydrogen) atoms. The van der Waals surface area contributed by atoms with Gasteiger partial charge in [0.1, 0.15) is 5.75 Å². The van der Waals surface area contributed by atoms with Gasteiger partial charge < -0.3 is 5.11 Å². The van der Waals surface area contributed by atoms with Crippen LogP contribution in [0.3, 0.4) is 0 Å². The normalized spacial score (nSPS) is 10.7. The molecule has 0 bridgehead atoms. The molecule has 0 heterocycles. The number of halogens is 2. The number of amides is 1. The minimum Gasteiger partial charge on any atom is -0.507 e. The highest BCUT2D eigenvalue weighted by Crippen LogP contribution is 2.20. The van der Waals surface area contributed by atoms with Gasteiger partial charge in [0.25, 0.3) is 5.91 Å². The van der Waals surface area contributed by atoms with Gasteiger partial charge in [0, 0.05) is 20.1 Å². The van der Waals surface area contributed by atoms with Crippen LogP contribution in [-0.2, 0) is 0 Å². The monoisotopic (exact) mass is 396 g/mol. The summed E-state index contributed by atoms with van der Waals surface area (Å²) in [6, 6.07) is 11.9. The molecule has 0 atom stereocenters. The third kappa shape index (κ3) is 3.91. The number of rotatable bonds is 3. The van der Waals surface area contributed by atoms with Crippen molar-refractivity contribution in [3.8, 4) is 5.75 Å². The van der Waals surface area contributed by atoms with Crippen LogP contribution in [0.4, 0.5) is 0 Å². The molecule has 4 nitrogen and oxygen atoms in total. The zero-order valence-electron chi connectivity index (χ0n) is 10.2. The van der Waals surface area contributed by atoms with Gasteiger partial charge in [-0.05, 0) is 36.4 Å². The van der Waals surface area contributed by atoms with E-state index in [1.54, 1.807) is 36.4 Å². The largest absolute Gasteiger partial charge is 0.507 e. The summed E-state index contributed by atoms with van der Waals surface area (Å²) in [4.78, 5) is 11.8. The van der Waals surface area contributed by atoms with Crippen molar-refractivity contribution in [1.82, 2.24) is 5.43 Å². The molecule has 2 N–H and O–H groups in total. The summed E-state index contributed by atoms with van der Waals surface area (Å²) in [5, 5.41) is 13.5. The number of carbonyl (C=O) groups excluding carboxylic acids is 1. The lowest BCUT2D eigenvalue weighted by molar-refractivity contribution is 0.0955. The van der Waals surface area contributed by atoms with Crippen molar-refractivity contribution >= 4 is 44.0 Å². The predicted octanol–water partition coefficient (Wildman–Crippen LogP) is 3.68. The smallest absolute Gasteiger partial charge is 0.271 e. The predicted molar refractivity (Wildman–Crippen MR) is 85.0 cm³/mol. The van der Waals surface area contributed by atoms with Crippen LogP contribution in [-0.4, -0.2) is 17.2 Å². The number of phenols is 1. The Bertz CT molecular complexity index is 672. The van der Waals surface area contributed by atoms with E-state index in [-0.39, 0.29) is 11.7 Å². The van der Waals surface area contributed by atoms with Crippen LogP contribution in [0.2, 0.25) is 0 Å². The number of nitrogens with zero attached hydrogens (tertiary/aromatic N) is 1. The van der Waals surface area contributed by atoms with Crippen molar-refractivity contribution in [2.75, 3.05) is 0 Å². The van der Waals surface area contributed by atoms with E-state index in [1.165, 1.54) is 6.21 Å². The number of hydrazone groups is 1. The van der Waals surface area contributed by atoms with E-state index in [0.717, 1.165) is 8.95 Å². The number of benzene rings is 2. The molecule has 0 aliphatic rings. The molecule has 0 aromatic heterocycles. The third-order valence-electron chi connectivity index (χ3n) is 2.45. The van der Waals surface area contributed by atoms with E-state index < -0.39 is 0 Å². The van der Waals surface area contributed by atoms with E-state index in [2.05, 4.69) is 42.4 Å². The summed E-state index contributed by atoms with van der Waals surface area (Å²) < 4.78 is 1.63. The highest BCUT2D eigenvalue weighted by molar-refractivity contribution is 9.10. The van der Waals surface area contributed by atoms with Gasteiger partial charge in [-0.3, -0.25) is 4.79 Å². The first-order valence-electron chi connectivity index (χ1n) is 5.64. The molecule has 2 aromatic rings. The van der Waals surface area contributed by atoms with Crippen molar-refractivity contribution in [3.05, 3.63) is 62.5 Å². The van der Waals surface area contributed by atoms with Crippen molar-refractivity contribution in [2.45, 2.75) is 0 Å². The maximum atomic E-state index is 11.8. The Morgan fingerprint density at radius 1 is 1.15 bits per heavy atom. The van der Waals surface area contributed by atoms with Gasteiger partial charge in [-0.15, -0.1) is 0 Å². The Labute approximate surface area is 132 Å². The topological polar surface area (TPSA) is 61.7 Å². The third-order valence-corrected chi connectivity index (χ3v) is 3.43. The van der Waals surface area contributed by atoms with Crippen LogP contribution in [0.25, 0.3) is 0 Å². The molecule has 0 saturated carbocycles. The number of hydrogen-bond donors (Lipinski definition) is 2. The summed E-state index contributed by atoms with van der Waals surface area (Å²) in [6.45, 7) is 0. The SMILES string of the molecule is O=C(N/N=C/c1cc(Br)ccc1O)c1cccc(Br)c1. The minimum atomic E-state index is -0.322. The second-order valence-corrected chi connectivity index (χ2v) is 5.74. The van der Waals surface area contributed by atoms with Gasteiger partial charge in [-0.2, -0.15) is 5.10 Å². The molecule has 6 heteroatoms. The minimum absolute atomic E-state index is 0.0913. The lowest BCUT2D eigenvalue weighted by atomic mass is 10.2. The molecular weight excluding hydrogens is 388 g/mol. The van der Waals surface area contributed by atoms with Gasteiger partial charge in [0.15, 0.2) is 0 Å². The molecule has 0 radical (unpaired) electrons. The van der Waals surface area contributed by atoms with Crippen LogP contribution in [0.15, 0.2) is 56.5 Å². The Morgan fingerprint density at radius 3 is 2.65 bits per heavy atom. The van der Waals surface area contributed by atoms with Crippen molar-refractivity contribution in [3.63, 3.8) is 0 Å². The first-order chi connectivity index (χ1) is 9.56. The molecule has 1 amide bonds. The second-order valence-electron chi connectivity index (χ2n) is 3.91. The lowest BCUT2D eigenvalue weighted by Crippen LogP contribution is -2.17. The van der Waals surface area contributed by atoms with Crippen molar-refractivity contribution in [2.24, 2.45) is 5.10 Å². The molecule has 2 rings (SSSR count). The molecule has 0 aliphatic heterocycles. The number of nitrogens with one attached hydrogen (secondary N) is 1. The summed E-state index contributed by atoms with van der Waals surface area (Å²) in [5.41, 5.74) is 3.41. The second kappa shape index (κ2) is 6.67. The van der Waals surface area contributed by atoms with Crippen LogP contribution < -0.4 is 5.43 Å². The quantitative estimate of drug-likeness (QED) is 0.612. The Kier molecular flexibility index (Phi) is 4.92. The van der Waals surface area contributed by atoms with Gasteiger partial charge in [0.2, 0.25) is 0 Å². The summed E-state index contributed by atoms with van der Waals surface area (Å²) in [6.07, 6.45) is 1.38. The average Bonchev–Trinajstić information content (AvgIpc) is 2.42. The highest BCUT2D eigenvalue weighted by atomic mass is 79.9. The van der Waals surface area contributed by atoms with E-state index in [0.29, 0.717) is 11.1 Å². The zero-order valence-corrected chi connectivity index (χ0v) is 13.3. The molecule has 102 valence electrons. The zero-order chi connectivity index (χ0) is 14.5. The standard InChI is InChI=1S/C14H10Br2N2O2/c15-11-3-1-2-9(6-11)14(20)18-17-8-10-7-12(16)4-5-13(10)19/h1-8,19H,(H,18,20)/b17-8+. The Morgan fingerprint density at radius 2 is 1.90 bits per heavy atom. The van der Waals surface area contributed by atoms with E-state index in [1.807, 2.05) is 6.07 Å². The molecule has 0 fully saturated rings. The van der Waals surface area contributed by atoms with Crippen LogP contribution in [0.1, 0.15) is 15.9 Å². The first-order valence-corrected chi connectivity index (χ1v) is 7.22. The maximum absolute atomic E-state index is 11.8. The van der Waals surface area contributed by atoms with Crippen molar-refractivity contribution < 1.29 is 9.90 Å². The lowest BCUT2D eigenvalue weighted by Gasteiger charge is -2.01. The van der Waals surface area contributed by atoms with Gasteiger partial charge in [0.05, 0.1) is 6.21 Å². The summed E-state index contributed by atoms with van der Waals surface area (Å²) in [7, 11) is 0. The van der Waals surface area contributed by atoms with Crippen LogP contribution in [0, 0.1) is 0 Å². The summed E-state index contributed by atoms with van der Waals surface area (Å²) in [5.74, 6) is -0.231.